The Morgan fingerprint density at radius 1 is 1.57 bits per heavy atom. The Labute approximate surface area is 83.5 Å². The third-order valence-corrected chi connectivity index (χ3v) is 2.75. The molecule has 0 aromatic heterocycles. The quantitative estimate of drug-likeness (QED) is 0.706. The second-order valence-corrected chi connectivity index (χ2v) is 4.25. The molecular formula is C11H15NO2. The first-order chi connectivity index (χ1) is 6.64. The highest BCUT2D eigenvalue weighted by atomic mass is 16.5. The van der Waals surface area contributed by atoms with Gasteiger partial charge in [-0.15, -0.1) is 0 Å². The van der Waals surface area contributed by atoms with Crippen LogP contribution in [0.5, 0.6) is 11.5 Å². The molecule has 0 amide bonds. The summed E-state index contributed by atoms with van der Waals surface area (Å²) in [7, 11) is 0. The lowest BCUT2D eigenvalue weighted by Crippen LogP contribution is -2.38. The van der Waals surface area contributed by atoms with E-state index in [-0.39, 0.29) is 11.2 Å². The number of nitrogens with two attached hydrogens (primary N) is 1. The number of ether oxygens (including phenoxy) is 1. The Morgan fingerprint density at radius 3 is 3.07 bits per heavy atom. The minimum absolute atomic E-state index is 0.000787. The first-order valence-corrected chi connectivity index (χ1v) is 4.78. The van der Waals surface area contributed by atoms with Crippen molar-refractivity contribution < 1.29 is 9.84 Å². The summed E-state index contributed by atoms with van der Waals surface area (Å²) in [5, 5.41) is 9.54. The maximum absolute atomic E-state index is 9.54. The first kappa shape index (κ1) is 9.34. The van der Waals surface area contributed by atoms with E-state index in [9.17, 15) is 5.11 Å². The van der Waals surface area contributed by atoms with Gasteiger partial charge in [0.2, 0.25) is 0 Å². The van der Waals surface area contributed by atoms with Crippen molar-refractivity contribution in [2.75, 3.05) is 13.2 Å². The number of para-hydroxylation sites is 1. The molecule has 1 heterocycles. The number of hydrogen-bond acceptors (Lipinski definition) is 3. The summed E-state index contributed by atoms with van der Waals surface area (Å²) in [5.41, 5.74) is 6.74. The third kappa shape index (κ3) is 1.44. The van der Waals surface area contributed by atoms with Crippen LogP contribution in [-0.2, 0) is 6.42 Å². The molecule has 1 aromatic rings. The largest absolute Gasteiger partial charge is 0.504 e. The van der Waals surface area contributed by atoms with Crippen molar-refractivity contribution in [3.05, 3.63) is 23.8 Å². The number of aromatic hydroxyl groups is 1. The van der Waals surface area contributed by atoms with Crippen LogP contribution < -0.4 is 10.5 Å². The topological polar surface area (TPSA) is 55.5 Å². The van der Waals surface area contributed by atoms with Crippen molar-refractivity contribution >= 4 is 0 Å². The molecule has 1 aromatic carbocycles. The number of phenols is 1. The van der Waals surface area contributed by atoms with Crippen LogP contribution in [0.15, 0.2) is 18.2 Å². The zero-order chi connectivity index (χ0) is 10.2. The van der Waals surface area contributed by atoms with Crippen molar-refractivity contribution in [2.45, 2.75) is 13.3 Å². The SMILES string of the molecule is CC1(CN)COc2c(O)cccc2C1. The number of fused-ring (bicyclic) bond motifs is 1. The molecule has 0 radical (unpaired) electrons. The fraction of sp³-hybridized carbons (Fsp3) is 0.455. The second-order valence-electron chi connectivity index (χ2n) is 4.25. The Balaban J connectivity index is 2.36. The van der Waals surface area contributed by atoms with Crippen molar-refractivity contribution in [3.63, 3.8) is 0 Å². The van der Waals surface area contributed by atoms with Crippen LogP contribution >= 0.6 is 0 Å². The van der Waals surface area contributed by atoms with E-state index in [0.717, 1.165) is 12.0 Å². The highest BCUT2D eigenvalue weighted by Crippen LogP contribution is 2.39. The van der Waals surface area contributed by atoms with Crippen LogP contribution in [0.3, 0.4) is 0 Å². The van der Waals surface area contributed by atoms with Gasteiger partial charge in [0.05, 0.1) is 6.61 Å². The summed E-state index contributed by atoms with van der Waals surface area (Å²) in [4.78, 5) is 0. The molecule has 0 aliphatic carbocycles. The van der Waals surface area contributed by atoms with E-state index in [2.05, 4.69) is 6.92 Å². The monoisotopic (exact) mass is 193 g/mol. The Hall–Kier alpha value is -1.22. The third-order valence-electron chi connectivity index (χ3n) is 2.75. The van der Waals surface area contributed by atoms with Crippen molar-refractivity contribution in [3.8, 4) is 11.5 Å². The summed E-state index contributed by atoms with van der Waals surface area (Å²) in [6.07, 6.45) is 0.868. The van der Waals surface area contributed by atoms with Gasteiger partial charge in [0.15, 0.2) is 11.5 Å². The van der Waals surface area contributed by atoms with Crippen LogP contribution in [-0.4, -0.2) is 18.3 Å². The molecule has 1 unspecified atom stereocenters. The lowest BCUT2D eigenvalue weighted by atomic mass is 9.82. The first-order valence-electron chi connectivity index (χ1n) is 4.78. The maximum Gasteiger partial charge on any atom is 0.164 e. The molecule has 76 valence electrons. The molecule has 1 aliphatic heterocycles. The molecule has 1 atom stereocenters. The summed E-state index contributed by atoms with van der Waals surface area (Å²) >= 11 is 0. The summed E-state index contributed by atoms with van der Waals surface area (Å²) < 4.78 is 5.53. The van der Waals surface area contributed by atoms with Crippen molar-refractivity contribution in [1.82, 2.24) is 0 Å². The molecule has 0 spiro atoms. The standard InChI is InChI=1S/C11H15NO2/c1-11(6-12)5-8-3-2-4-9(13)10(8)14-7-11/h2-4,13H,5-7,12H2,1H3. The van der Waals surface area contributed by atoms with E-state index < -0.39 is 0 Å². The van der Waals surface area contributed by atoms with E-state index in [1.807, 2.05) is 12.1 Å². The average Bonchev–Trinajstić information content (AvgIpc) is 2.18. The van der Waals surface area contributed by atoms with E-state index in [4.69, 9.17) is 10.5 Å². The summed E-state index contributed by atoms with van der Waals surface area (Å²) in [5.74, 6) is 0.847. The minimum atomic E-state index is 0.000787. The van der Waals surface area contributed by atoms with Gasteiger partial charge in [-0.25, -0.2) is 0 Å². The molecule has 2 rings (SSSR count). The van der Waals surface area contributed by atoms with Gasteiger partial charge < -0.3 is 15.6 Å². The molecule has 0 fully saturated rings. The molecule has 3 nitrogen and oxygen atoms in total. The molecule has 1 aliphatic rings. The van der Waals surface area contributed by atoms with Gasteiger partial charge >= 0.3 is 0 Å². The molecule has 14 heavy (non-hydrogen) atoms. The zero-order valence-electron chi connectivity index (χ0n) is 8.29. The molecular weight excluding hydrogens is 178 g/mol. The number of hydrogen-bond donors (Lipinski definition) is 2. The highest BCUT2D eigenvalue weighted by molar-refractivity contribution is 5.47. The minimum Gasteiger partial charge on any atom is -0.504 e. The van der Waals surface area contributed by atoms with Crippen LogP contribution in [0, 0.1) is 5.41 Å². The fourth-order valence-corrected chi connectivity index (χ4v) is 1.77. The van der Waals surface area contributed by atoms with Crippen LogP contribution in [0.25, 0.3) is 0 Å². The zero-order valence-corrected chi connectivity index (χ0v) is 8.29. The van der Waals surface area contributed by atoms with Gasteiger partial charge in [-0.3, -0.25) is 0 Å². The van der Waals surface area contributed by atoms with Crippen molar-refractivity contribution in [2.24, 2.45) is 11.1 Å². The van der Waals surface area contributed by atoms with Gasteiger partial charge in [-0.2, -0.15) is 0 Å². The van der Waals surface area contributed by atoms with Gasteiger partial charge in [0, 0.05) is 12.0 Å². The molecule has 0 saturated heterocycles. The molecule has 0 saturated carbocycles. The lowest BCUT2D eigenvalue weighted by Gasteiger charge is -2.33. The smallest absolute Gasteiger partial charge is 0.164 e. The van der Waals surface area contributed by atoms with E-state index in [1.165, 1.54) is 0 Å². The molecule has 0 bridgehead atoms. The lowest BCUT2D eigenvalue weighted by molar-refractivity contribution is 0.140. The summed E-state index contributed by atoms with van der Waals surface area (Å²) in [6.45, 7) is 3.27. The Kier molecular flexibility index (Phi) is 2.11. The van der Waals surface area contributed by atoms with Gasteiger partial charge in [-0.1, -0.05) is 19.1 Å². The Morgan fingerprint density at radius 2 is 2.36 bits per heavy atom. The van der Waals surface area contributed by atoms with Crippen LogP contribution in [0.1, 0.15) is 12.5 Å². The maximum atomic E-state index is 9.54. The van der Waals surface area contributed by atoms with E-state index in [1.54, 1.807) is 6.07 Å². The number of benzene rings is 1. The predicted molar refractivity (Wildman–Crippen MR) is 54.5 cm³/mol. The molecule has 3 N–H and O–H groups in total. The predicted octanol–water partition coefficient (Wildman–Crippen LogP) is 1.29. The van der Waals surface area contributed by atoms with E-state index >= 15 is 0 Å². The van der Waals surface area contributed by atoms with Crippen LogP contribution in [0.4, 0.5) is 0 Å². The fourth-order valence-electron chi connectivity index (χ4n) is 1.77. The van der Waals surface area contributed by atoms with Crippen molar-refractivity contribution in [1.29, 1.82) is 0 Å². The second kappa shape index (κ2) is 3.17. The number of phenolic OH excluding ortho intramolecular Hbond substituents is 1. The normalized spacial score (nSPS) is 25.3. The molecule has 3 heteroatoms. The summed E-state index contributed by atoms with van der Waals surface area (Å²) in [6, 6.07) is 5.45. The number of rotatable bonds is 1. The Bertz CT molecular complexity index is 351. The van der Waals surface area contributed by atoms with E-state index in [0.29, 0.717) is 18.9 Å². The van der Waals surface area contributed by atoms with Crippen LogP contribution in [0.2, 0.25) is 0 Å². The average molecular weight is 193 g/mol. The van der Waals surface area contributed by atoms with Gasteiger partial charge in [-0.05, 0) is 18.1 Å². The highest BCUT2D eigenvalue weighted by Gasteiger charge is 2.31. The van der Waals surface area contributed by atoms with Gasteiger partial charge in [0.25, 0.3) is 0 Å². The van der Waals surface area contributed by atoms with Gasteiger partial charge in [0.1, 0.15) is 0 Å².